The van der Waals surface area contributed by atoms with Crippen LogP contribution in [0.15, 0.2) is 54.7 Å². The lowest BCUT2D eigenvalue weighted by Gasteiger charge is -2.19. The zero-order valence-electron chi connectivity index (χ0n) is 19.0. The molecule has 0 unspecified atom stereocenters. The molecular weight excluding hydrogens is 448 g/mol. The van der Waals surface area contributed by atoms with Crippen molar-refractivity contribution in [2.45, 2.75) is 33.9 Å². The van der Waals surface area contributed by atoms with Crippen LogP contribution < -0.4 is 5.32 Å². The summed E-state index contributed by atoms with van der Waals surface area (Å²) in [5.41, 5.74) is 1.20. The Hall–Kier alpha value is -3.75. The summed E-state index contributed by atoms with van der Waals surface area (Å²) in [6.07, 6.45) is -3.08. The van der Waals surface area contributed by atoms with Crippen molar-refractivity contribution in [1.82, 2.24) is 14.6 Å². The number of aromatic nitrogens is 3. The molecule has 0 fully saturated rings. The van der Waals surface area contributed by atoms with Gasteiger partial charge >= 0.3 is 6.18 Å². The molecule has 0 bridgehead atoms. The Morgan fingerprint density at radius 3 is 2.38 bits per heavy atom. The van der Waals surface area contributed by atoms with Crippen molar-refractivity contribution < 1.29 is 22.4 Å². The lowest BCUT2D eigenvalue weighted by Crippen LogP contribution is -2.27. The van der Waals surface area contributed by atoms with E-state index in [1.807, 2.05) is 39.8 Å². The maximum Gasteiger partial charge on any atom is 0.417 e. The van der Waals surface area contributed by atoms with E-state index in [4.69, 9.17) is 0 Å². The summed E-state index contributed by atoms with van der Waals surface area (Å²) >= 11 is 0. The van der Waals surface area contributed by atoms with Gasteiger partial charge in [-0.25, -0.2) is 13.9 Å². The summed E-state index contributed by atoms with van der Waals surface area (Å²) in [4.78, 5) is 16.9. The summed E-state index contributed by atoms with van der Waals surface area (Å²) in [5, 5.41) is 7.16. The Labute approximate surface area is 193 Å². The highest BCUT2D eigenvalue weighted by Crippen LogP contribution is 2.37. The third kappa shape index (κ3) is 4.64. The molecule has 4 rings (SSSR count). The van der Waals surface area contributed by atoms with E-state index in [9.17, 15) is 22.4 Å². The topological polar surface area (TPSA) is 59.3 Å². The molecule has 0 aliphatic heterocycles. The van der Waals surface area contributed by atoms with Crippen molar-refractivity contribution in [1.29, 1.82) is 0 Å². The molecule has 0 saturated heterocycles. The minimum atomic E-state index is -4.66. The first kappa shape index (κ1) is 23.4. The first-order chi connectivity index (χ1) is 15.8. The zero-order valence-corrected chi connectivity index (χ0v) is 19.0. The number of hydrogen-bond acceptors (Lipinski definition) is 3. The van der Waals surface area contributed by atoms with Gasteiger partial charge in [-0.2, -0.15) is 18.3 Å². The van der Waals surface area contributed by atoms with Crippen LogP contribution in [-0.4, -0.2) is 20.5 Å². The second kappa shape index (κ2) is 8.23. The van der Waals surface area contributed by atoms with Gasteiger partial charge in [0.05, 0.1) is 23.1 Å². The smallest absolute Gasteiger partial charge is 0.325 e. The number of aryl methyl sites for hydroxylation is 1. The second-order valence-electron chi connectivity index (χ2n) is 9.07. The van der Waals surface area contributed by atoms with E-state index < -0.39 is 23.0 Å². The fourth-order valence-corrected chi connectivity index (χ4v) is 3.37. The highest BCUT2D eigenvalue weighted by atomic mass is 19.4. The normalized spacial score (nSPS) is 12.2. The van der Waals surface area contributed by atoms with Gasteiger partial charge in [0.2, 0.25) is 5.91 Å². The summed E-state index contributed by atoms with van der Waals surface area (Å²) in [5.74, 6) is -0.926. The molecule has 0 spiro atoms. The molecule has 0 aliphatic rings. The highest BCUT2D eigenvalue weighted by Gasteiger charge is 2.34. The summed E-state index contributed by atoms with van der Waals surface area (Å²) < 4.78 is 55.4. The quantitative estimate of drug-likeness (QED) is 0.347. The predicted octanol–water partition coefficient (Wildman–Crippen LogP) is 6.51. The Bertz CT molecular complexity index is 1400. The van der Waals surface area contributed by atoms with Crippen LogP contribution in [0.3, 0.4) is 0 Å². The van der Waals surface area contributed by atoms with E-state index in [-0.39, 0.29) is 17.2 Å². The lowest BCUT2D eigenvalue weighted by atomic mass is 9.95. The lowest BCUT2D eigenvalue weighted by molar-refractivity contribution is -0.137. The Morgan fingerprint density at radius 2 is 1.71 bits per heavy atom. The van der Waals surface area contributed by atoms with Crippen molar-refractivity contribution in [3.8, 4) is 22.5 Å². The van der Waals surface area contributed by atoms with Crippen LogP contribution in [0.5, 0.6) is 0 Å². The molecule has 9 heteroatoms. The van der Waals surface area contributed by atoms with Crippen molar-refractivity contribution in [2.24, 2.45) is 5.41 Å². The maximum atomic E-state index is 13.8. The number of nitrogens with one attached hydrogen (secondary N) is 1. The fourth-order valence-electron chi connectivity index (χ4n) is 3.37. The van der Waals surface area contributed by atoms with E-state index in [1.54, 1.807) is 12.3 Å². The van der Waals surface area contributed by atoms with E-state index in [0.717, 1.165) is 17.7 Å². The number of rotatable bonds is 3. The van der Waals surface area contributed by atoms with E-state index >= 15 is 0 Å². The number of amides is 1. The Balaban J connectivity index is 1.74. The van der Waals surface area contributed by atoms with Crippen LogP contribution >= 0.6 is 0 Å². The van der Waals surface area contributed by atoms with Gasteiger partial charge in [-0.15, -0.1) is 0 Å². The minimum Gasteiger partial charge on any atom is -0.325 e. The zero-order chi connectivity index (χ0) is 24.8. The Kier molecular flexibility index (Phi) is 5.67. The van der Waals surface area contributed by atoms with Crippen molar-refractivity contribution in [3.05, 3.63) is 71.7 Å². The minimum absolute atomic E-state index is 0.0367. The number of benzene rings is 2. The molecule has 4 aromatic rings. The summed E-state index contributed by atoms with van der Waals surface area (Å²) in [6, 6.07) is 10.7. The van der Waals surface area contributed by atoms with Crippen LogP contribution in [0.1, 0.15) is 31.9 Å². The van der Waals surface area contributed by atoms with E-state index in [0.29, 0.717) is 28.7 Å². The third-order valence-corrected chi connectivity index (χ3v) is 5.35. The summed E-state index contributed by atoms with van der Waals surface area (Å²) in [6.45, 7) is 7.32. The van der Waals surface area contributed by atoms with Gasteiger partial charge in [0.25, 0.3) is 0 Å². The van der Waals surface area contributed by atoms with Crippen molar-refractivity contribution >= 4 is 17.2 Å². The van der Waals surface area contributed by atoms with Gasteiger partial charge in [-0.05, 0) is 48.9 Å². The molecule has 1 N–H and O–H groups in total. The first-order valence-corrected chi connectivity index (χ1v) is 10.5. The third-order valence-electron chi connectivity index (χ3n) is 5.35. The molecule has 0 aliphatic carbocycles. The molecule has 0 saturated carbocycles. The van der Waals surface area contributed by atoms with Gasteiger partial charge in [0.1, 0.15) is 5.82 Å². The standard InChI is InChI=1S/C25H22F4N4O/c1-14-5-6-15(11-20(14)31-23(34)24(2,3)4)21-13-33-22(30-21)10-9-19(32-33)17-12-16(26)7-8-18(17)25(27,28)29/h5-13H,1-4H3,(H,31,34). The monoisotopic (exact) mass is 470 g/mol. The van der Waals surface area contributed by atoms with E-state index in [2.05, 4.69) is 15.4 Å². The van der Waals surface area contributed by atoms with Crippen LogP contribution in [0.25, 0.3) is 28.2 Å². The van der Waals surface area contributed by atoms with Gasteiger partial charge in [-0.1, -0.05) is 32.9 Å². The van der Waals surface area contributed by atoms with Crippen LogP contribution in [-0.2, 0) is 11.0 Å². The van der Waals surface area contributed by atoms with Gasteiger partial charge < -0.3 is 5.32 Å². The molecule has 2 aromatic heterocycles. The van der Waals surface area contributed by atoms with Crippen LogP contribution in [0.4, 0.5) is 23.2 Å². The van der Waals surface area contributed by atoms with Gasteiger partial charge in [0.15, 0.2) is 5.65 Å². The average molecular weight is 470 g/mol. The largest absolute Gasteiger partial charge is 0.417 e. The number of halogens is 4. The van der Waals surface area contributed by atoms with Crippen molar-refractivity contribution in [3.63, 3.8) is 0 Å². The maximum absolute atomic E-state index is 13.8. The van der Waals surface area contributed by atoms with Gasteiger partial charge in [0, 0.05) is 22.2 Å². The second-order valence-corrected chi connectivity index (χ2v) is 9.07. The number of carbonyl (C=O) groups excluding carboxylic acids is 1. The number of carbonyl (C=O) groups is 1. The van der Waals surface area contributed by atoms with Gasteiger partial charge in [-0.3, -0.25) is 4.79 Å². The van der Waals surface area contributed by atoms with Crippen LogP contribution in [0, 0.1) is 18.2 Å². The summed E-state index contributed by atoms with van der Waals surface area (Å²) in [7, 11) is 0. The van der Waals surface area contributed by atoms with E-state index in [1.165, 1.54) is 16.6 Å². The molecule has 34 heavy (non-hydrogen) atoms. The Morgan fingerprint density at radius 1 is 0.971 bits per heavy atom. The molecule has 5 nitrogen and oxygen atoms in total. The number of hydrogen-bond donors (Lipinski definition) is 1. The first-order valence-electron chi connectivity index (χ1n) is 10.5. The highest BCUT2D eigenvalue weighted by molar-refractivity contribution is 5.95. The van der Waals surface area contributed by atoms with Crippen LogP contribution in [0.2, 0.25) is 0 Å². The molecule has 176 valence electrons. The number of nitrogens with zero attached hydrogens (tertiary/aromatic N) is 3. The molecule has 2 aromatic carbocycles. The van der Waals surface area contributed by atoms with Crippen molar-refractivity contribution in [2.75, 3.05) is 5.32 Å². The SMILES string of the molecule is Cc1ccc(-c2cn3nc(-c4cc(F)ccc4C(F)(F)F)ccc3n2)cc1NC(=O)C(C)(C)C. The number of fused-ring (bicyclic) bond motifs is 1. The fraction of sp³-hybridized carbons (Fsp3) is 0.240. The predicted molar refractivity (Wildman–Crippen MR) is 122 cm³/mol. The molecule has 0 atom stereocenters. The molecule has 2 heterocycles. The number of anilines is 1. The number of alkyl halides is 3. The molecule has 0 radical (unpaired) electrons. The molecule has 1 amide bonds. The number of imidazole rings is 1. The average Bonchev–Trinajstić information content (AvgIpc) is 3.17. The molecular formula is C25H22F4N4O.